The third-order valence-corrected chi connectivity index (χ3v) is 1.35. The maximum Gasteiger partial charge on any atom is 0.124 e. The van der Waals surface area contributed by atoms with Gasteiger partial charge in [-0.25, -0.2) is 0 Å². The fraction of sp³-hybridized carbons (Fsp3) is 0.778. The first-order chi connectivity index (χ1) is 5.20. The molecule has 0 spiro atoms. The van der Waals surface area contributed by atoms with Crippen molar-refractivity contribution in [3.8, 4) is 0 Å². The third-order valence-electron chi connectivity index (χ3n) is 1.35. The molecule has 0 amide bonds. The Morgan fingerprint density at radius 1 is 1.45 bits per heavy atom. The van der Waals surface area contributed by atoms with E-state index in [1.54, 1.807) is 0 Å². The van der Waals surface area contributed by atoms with Crippen LogP contribution in [0, 0.1) is 5.92 Å². The normalized spacial score (nSPS) is 22.0. The van der Waals surface area contributed by atoms with E-state index < -0.39 is 0 Å². The van der Waals surface area contributed by atoms with Crippen molar-refractivity contribution < 1.29 is 4.84 Å². The van der Waals surface area contributed by atoms with E-state index in [0.29, 0.717) is 12.0 Å². The van der Waals surface area contributed by atoms with E-state index in [2.05, 4.69) is 32.3 Å². The lowest BCUT2D eigenvalue weighted by atomic mass is 10.1. The summed E-state index contributed by atoms with van der Waals surface area (Å²) in [5.41, 5.74) is 2.86. The monoisotopic (exact) mass is 157 g/mol. The van der Waals surface area contributed by atoms with Crippen LogP contribution >= 0.6 is 0 Å². The van der Waals surface area contributed by atoms with E-state index in [9.17, 15) is 0 Å². The molecule has 0 saturated carbocycles. The van der Waals surface area contributed by atoms with Crippen LogP contribution < -0.4 is 5.48 Å². The summed E-state index contributed by atoms with van der Waals surface area (Å²) < 4.78 is 0. The summed E-state index contributed by atoms with van der Waals surface area (Å²) in [7, 11) is 0. The SMILES string of the molecule is CC.CC1C=C(C(C)C)ON1. The zero-order chi connectivity index (χ0) is 8.85. The van der Waals surface area contributed by atoms with Gasteiger partial charge in [0.05, 0.1) is 6.04 Å². The molecule has 1 rings (SSSR count). The Balaban J connectivity index is 0.000000461. The van der Waals surface area contributed by atoms with Gasteiger partial charge in [0.15, 0.2) is 0 Å². The molecule has 0 aromatic heterocycles. The quantitative estimate of drug-likeness (QED) is 0.631. The van der Waals surface area contributed by atoms with E-state index in [-0.39, 0.29) is 0 Å². The number of allylic oxidation sites excluding steroid dienone is 1. The molecule has 1 heterocycles. The fourth-order valence-corrected chi connectivity index (χ4v) is 0.786. The lowest BCUT2D eigenvalue weighted by molar-refractivity contribution is 0.103. The molecule has 1 N–H and O–H groups in total. The highest BCUT2D eigenvalue weighted by molar-refractivity contribution is 5.04. The molecular weight excluding hydrogens is 138 g/mol. The second-order valence-electron chi connectivity index (χ2n) is 2.73. The molecule has 0 saturated heterocycles. The predicted octanol–water partition coefficient (Wildman–Crippen LogP) is 2.48. The molecule has 0 fully saturated rings. The first-order valence-corrected chi connectivity index (χ1v) is 4.34. The molecular formula is C9H19NO. The first kappa shape index (κ1) is 10.5. The number of nitrogens with one attached hydrogen (secondary N) is 1. The van der Waals surface area contributed by atoms with Gasteiger partial charge < -0.3 is 4.84 Å². The molecule has 0 bridgehead atoms. The third kappa shape index (κ3) is 3.42. The molecule has 1 aliphatic rings. The molecule has 2 heteroatoms. The van der Waals surface area contributed by atoms with Crippen molar-refractivity contribution in [2.24, 2.45) is 5.92 Å². The molecule has 0 radical (unpaired) electrons. The smallest absolute Gasteiger partial charge is 0.124 e. The van der Waals surface area contributed by atoms with E-state index in [1.807, 2.05) is 13.8 Å². The topological polar surface area (TPSA) is 21.3 Å². The maximum absolute atomic E-state index is 5.14. The highest BCUT2D eigenvalue weighted by atomic mass is 16.7. The van der Waals surface area contributed by atoms with Crippen molar-refractivity contribution in [3.63, 3.8) is 0 Å². The number of hydrogen-bond acceptors (Lipinski definition) is 2. The van der Waals surface area contributed by atoms with Gasteiger partial charge in [0.1, 0.15) is 5.76 Å². The van der Waals surface area contributed by atoms with Crippen molar-refractivity contribution in [1.29, 1.82) is 0 Å². The molecule has 66 valence electrons. The van der Waals surface area contributed by atoms with Crippen LogP contribution in [0.1, 0.15) is 34.6 Å². The molecule has 0 aliphatic carbocycles. The molecule has 1 aliphatic heterocycles. The Morgan fingerprint density at radius 2 is 2.00 bits per heavy atom. The second kappa shape index (κ2) is 5.19. The number of hydroxylamine groups is 1. The molecule has 1 unspecified atom stereocenters. The van der Waals surface area contributed by atoms with Crippen LogP contribution in [0.5, 0.6) is 0 Å². The minimum atomic E-state index is 0.377. The maximum atomic E-state index is 5.14. The van der Waals surface area contributed by atoms with Gasteiger partial charge in [-0.15, -0.1) is 0 Å². The fourth-order valence-electron chi connectivity index (χ4n) is 0.786. The van der Waals surface area contributed by atoms with Crippen molar-refractivity contribution in [3.05, 3.63) is 11.8 Å². The van der Waals surface area contributed by atoms with Crippen LogP contribution in [-0.4, -0.2) is 6.04 Å². The van der Waals surface area contributed by atoms with Crippen LogP contribution in [0.2, 0.25) is 0 Å². The van der Waals surface area contributed by atoms with Gasteiger partial charge in [0.2, 0.25) is 0 Å². The minimum Gasteiger partial charge on any atom is -0.413 e. The van der Waals surface area contributed by atoms with Gasteiger partial charge in [-0.05, 0) is 13.0 Å². The average Bonchev–Trinajstić information content (AvgIpc) is 2.40. The lowest BCUT2D eigenvalue weighted by Gasteiger charge is -2.04. The Labute approximate surface area is 69.6 Å². The summed E-state index contributed by atoms with van der Waals surface area (Å²) in [6, 6.07) is 0.377. The van der Waals surface area contributed by atoms with E-state index in [1.165, 1.54) is 0 Å². The summed E-state index contributed by atoms with van der Waals surface area (Å²) in [5.74, 6) is 1.56. The zero-order valence-corrected chi connectivity index (χ0v) is 8.14. The summed E-state index contributed by atoms with van der Waals surface area (Å²) in [6.07, 6.45) is 2.10. The van der Waals surface area contributed by atoms with Gasteiger partial charge in [-0.1, -0.05) is 27.7 Å². The van der Waals surface area contributed by atoms with Crippen LogP contribution in [0.3, 0.4) is 0 Å². The Kier molecular flexibility index (Phi) is 4.95. The summed E-state index contributed by atoms with van der Waals surface area (Å²) in [4.78, 5) is 5.14. The molecule has 0 aromatic rings. The molecule has 2 nitrogen and oxygen atoms in total. The highest BCUT2D eigenvalue weighted by Crippen LogP contribution is 2.15. The van der Waals surface area contributed by atoms with Crippen molar-refractivity contribution in [2.45, 2.75) is 40.7 Å². The van der Waals surface area contributed by atoms with Crippen LogP contribution in [0.4, 0.5) is 0 Å². The summed E-state index contributed by atoms with van der Waals surface area (Å²) in [6.45, 7) is 10.3. The highest BCUT2D eigenvalue weighted by Gasteiger charge is 2.14. The Bertz CT molecular complexity index is 130. The minimum absolute atomic E-state index is 0.377. The standard InChI is InChI=1S/C7H13NO.C2H6/c1-5(2)7-4-6(3)8-9-7;1-2/h4-6,8H,1-3H3;1-2H3. The van der Waals surface area contributed by atoms with Gasteiger partial charge in [-0.2, -0.15) is 5.48 Å². The van der Waals surface area contributed by atoms with E-state index in [4.69, 9.17) is 4.84 Å². The van der Waals surface area contributed by atoms with Crippen molar-refractivity contribution >= 4 is 0 Å². The average molecular weight is 157 g/mol. The van der Waals surface area contributed by atoms with Crippen molar-refractivity contribution in [1.82, 2.24) is 5.48 Å². The lowest BCUT2D eigenvalue weighted by Crippen LogP contribution is -2.16. The second-order valence-corrected chi connectivity index (χ2v) is 2.73. The van der Waals surface area contributed by atoms with Crippen LogP contribution in [0.15, 0.2) is 11.8 Å². The van der Waals surface area contributed by atoms with Gasteiger partial charge in [0.25, 0.3) is 0 Å². The van der Waals surface area contributed by atoms with Crippen LogP contribution in [-0.2, 0) is 4.84 Å². The zero-order valence-electron chi connectivity index (χ0n) is 8.14. The number of rotatable bonds is 1. The summed E-state index contributed by atoms with van der Waals surface area (Å²) in [5, 5.41) is 0. The largest absolute Gasteiger partial charge is 0.413 e. The van der Waals surface area contributed by atoms with Gasteiger partial charge >= 0.3 is 0 Å². The Hall–Kier alpha value is -0.500. The number of hydrogen-bond donors (Lipinski definition) is 1. The summed E-state index contributed by atoms with van der Waals surface area (Å²) >= 11 is 0. The first-order valence-electron chi connectivity index (χ1n) is 4.34. The van der Waals surface area contributed by atoms with Crippen molar-refractivity contribution in [2.75, 3.05) is 0 Å². The van der Waals surface area contributed by atoms with Gasteiger partial charge in [0, 0.05) is 5.92 Å². The Morgan fingerprint density at radius 3 is 2.18 bits per heavy atom. The van der Waals surface area contributed by atoms with Crippen LogP contribution in [0.25, 0.3) is 0 Å². The molecule has 0 aromatic carbocycles. The van der Waals surface area contributed by atoms with Gasteiger partial charge in [-0.3, -0.25) is 0 Å². The predicted molar refractivity (Wildman–Crippen MR) is 48.0 cm³/mol. The van der Waals surface area contributed by atoms with E-state index in [0.717, 1.165) is 5.76 Å². The molecule has 1 atom stereocenters. The molecule has 11 heavy (non-hydrogen) atoms. The van der Waals surface area contributed by atoms with E-state index >= 15 is 0 Å².